The molecule has 1 atom stereocenters. The van der Waals surface area contributed by atoms with Crippen molar-refractivity contribution in [2.75, 3.05) is 19.6 Å². The number of rotatable bonds is 5. The van der Waals surface area contributed by atoms with Crippen LogP contribution in [-0.2, 0) is 16.1 Å². The van der Waals surface area contributed by atoms with E-state index in [1.165, 1.54) is 12.8 Å². The van der Waals surface area contributed by atoms with Crippen LogP contribution in [0.25, 0.3) is 0 Å². The number of amides is 2. The number of hydrogen-bond donors (Lipinski definition) is 0. The first-order valence-electron chi connectivity index (χ1n) is 9.96. The Morgan fingerprint density at radius 3 is 2.81 bits per heavy atom. The van der Waals surface area contributed by atoms with Gasteiger partial charge in [-0.1, -0.05) is 13.0 Å². The lowest BCUT2D eigenvalue weighted by Gasteiger charge is -2.39. The van der Waals surface area contributed by atoms with Crippen molar-refractivity contribution in [3.05, 3.63) is 30.1 Å². The van der Waals surface area contributed by atoms with Crippen LogP contribution in [0.5, 0.6) is 0 Å². The zero-order valence-corrected chi connectivity index (χ0v) is 15.7. The third-order valence-corrected chi connectivity index (χ3v) is 6.67. The Morgan fingerprint density at radius 1 is 1.23 bits per heavy atom. The molecular weight excluding hydrogens is 326 g/mol. The molecule has 5 nitrogen and oxygen atoms in total. The Balaban J connectivity index is 1.38. The lowest BCUT2D eigenvalue weighted by atomic mass is 9.78. The van der Waals surface area contributed by atoms with Crippen molar-refractivity contribution < 1.29 is 9.59 Å². The van der Waals surface area contributed by atoms with E-state index in [0.29, 0.717) is 24.9 Å². The molecule has 1 aromatic rings. The summed E-state index contributed by atoms with van der Waals surface area (Å²) in [5.41, 5.74) is 1.13. The van der Waals surface area contributed by atoms with Crippen LogP contribution in [0.15, 0.2) is 24.5 Å². The smallest absolute Gasteiger partial charge is 0.230 e. The fourth-order valence-corrected chi connectivity index (χ4v) is 4.51. The largest absolute Gasteiger partial charge is 0.342 e. The predicted octanol–water partition coefficient (Wildman–Crippen LogP) is 3.00. The summed E-state index contributed by atoms with van der Waals surface area (Å²) in [4.78, 5) is 33.9. The van der Waals surface area contributed by atoms with Crippen molar-refractivity contribution in [1.82, 2.24) is 14.8 Å². The molecule has 140 valence electrons. The summed E-state index contributed by atoms with van der Waals surface area (Å²) >= 11 is 0. The number of hydrogen-bond acceptors (Lipinski definition) is 3. The summed E-state index contributed by atoms with van der Waals surface area (Å²) in [6.07, 6.45) is 10.5. The maximum absolute atomic E-state index is 13.2. The SMILES string of the molecule is CC1(CCC(=O)N2CC[C@@]3(CCCN(Cc4cccnc4)C3=O)C2)CC1. The van der Waals surface area contributed by atoms with Gasteiger partial charge in [-0.3, -0.25) is 14.6 Å². The molecule has 1 spiro atoms. The predicted molar refractivity (Wildman–Crippen MR) is 99.1 cm³/mol. The number of carbonyl (C=O) groups excluding carboxylic acids is 2. The van der Waals surface area contributed by atoms with Crippen LogP contribution in [0.2, 0.25) is 0 Å². The van der Waals surface area contributed by atoms with Crippen LogP contribution in [0.1, 0.15) is 57.4 Å². The summed E-state index contributed by atoms with van der Waals surface area (Å²) in [5.74, 6) is 0.476. The van der Waals surface area contributed by atoms with Gasteiger partial charge in [0.25, 0.3) is 0 Å². The zero-order chi connectivity index (χ0) is 18.2. The normalized spacial score (nSPS) is 27.2. The first kappa shape index (κ1) is 17.5. The molecule has 0 bridgehead atoms. The minimum absolute atomic E-state index is 0.233. The van der Waals surface area contributed by atoms with E-state index in [0.717, 1.165) is 44.3 Å². The van der Waals surface area contributed by atoms with Crippen LogP contribution >= 0.6 is 0 Å². The van der Waals surface area contributed by atoms with Crippen molar-refractivity contribution in [1.29, 1.82) is 0 Å². The Bertz CT molecular complexity index is 686. The number of piperidine rings is 1. The summed E-state index contributed by atoms with van der Waals surface area (Å²) < 4.78 is 0. The van der Waals surface area contributed by atoms with Crippen molar-refractivity contribution in [2.45, 2.75) is 58.4 Å². The molecule has 1 aromatic heterocycles. The second kappa shape index (κ2) is 6.67. The van der Waals surface area contributed by atoms with Crippen molar-refractivity contribution >= 4 is 11.8 Å². The lowest BCUT2D eigenvalue weighted by molar-refractivity contribution is -0.146. The van der Waals surface area contributed by atoms with Gasteiger partial charge >= 0.3 is 0 Å². The first-order valence-corrected chi connectivity index (χ1v) is 9.96. The zero-order valence-electron chi connectivity index (χ0n) is 15.7. The van der Waals surface area contributed by atoms with E-state index in [1.807, 2.05) is 28.1 Å². The number of carbonyl (C=O) groups is 2. The van der Waals surface area contributed by atoms with Gasteiger partial charge in [0, 0.05) is 45.0 Å². The third kappa shape index (κ3) is 3.49. The number of nitrogens with zero attached hydrogens (tertiary/aromatic N) is 3. The Labute approximate surface area is 155 Å². The van der Waals surface area contributed by atoms with Gasteiger partial charge in [-0.05, 0) is 55.6 Å². The van der Waals surface area contributed by atoms with Crippen molar-refractivity contribution in [3.63, 3.8) is 0 Å². The molecule has 3 fully saturated rings. The summed E-state index contributed by atoms with van der Waals surface area (Å²) in [6, 6.07) is 3.93. The summed E-state index contributed by atoms with van der Waals surface area (Å²) in [6.45, 7) is 5.06. The second-order valence-corrected chi connectivity index (χ2v) is 8.85. The molecule has 2 saturated heterocycles. The molecule has 2 amide bonds. The molecule has 26 heavy (non-hydrogen) atoms. The van der Waals surface area contributed by atoms with E-state index in [1.54, 1.807) is 6.20 Å². The fourth-order valence-electron chi connectivity index (χ4n) is 4.51. The maximum atomic E-state index is 13.2. The van der Waals surface area contributed by atoms with Gasteiger partial charge in [0.15, 0.2) is 0 Å². The van der Waals surface area contributed by atoms with E-state index in [2.05, 4.69) is 11.9 Å². The van der Waals surface area contributed by atoms with Crippen LogP contribution in [-0.4, -0.2) is 46.2 Å². The quantitative estimate of drug-likeness (QED) is 0.816. The standard InChI is InChI=1S/C21H29N3O2/c1-20(8-9-20)7-5-18(25)24-13-10-21(16-24)6-3-12-23(19(21)26)15-17-4-2-11-22-14-17/h2,4,11,14H,3,5-10,12-13,15-16H2,1H3/t21-/m0/s1. The molecule has 0 unspecified atom stereocenters. The van der Waals surface area contributed by atoms with Crippen molar-refractivity contribution in [3.8, 4) is 0 Å². The molecule has 4 rings (SSSR count). The first-order chi connectivity index (χ1) is 12.5. The van der Waals surface area contributed by atoms with E-state index in [4.69, 9.17) is 0 Å². The highest BCUT2D eigenvalue weighted by atomic mass is 16.2. The van der Waals surface area contributed by atoms with Crippen LogP contribution in [0.3, 0.4) is 0 Å². The van der Waals surface area contributed by atoms with Gasteiger partial charge in [-0.25, -0.2) is 0 Å². The van der Waals surface area contributed by atoms with Gasteiger partial charge in [-0.15, -0.1) is 0 Å². The Hall–Kier alpha value is -1.91. The highest BCUT2D eigenvalue weighted by Gasteiger charge is 2.49. The van der Waals surface area contributed by atoms with Crippen LogP contribution < -0.4 is 0 Å². The van der Waals surface area contributed by atoms with Crippen LogP contribution in [0.4, 0.5) is 0 Å². The van der Waals surface area contributed by atoms with E-state index < -0.39 is 0 Å². The minimum Gasteiger partial charge on any atom is -0.342 e. The molecule has 5 heteroatoms. The fraction of sp³-hybridized carbons (Fsp3) is 0.667. The number of likely N-dealkylation sites (tertiary alicyclic amines) is 2. The van der Waals surface area contributed by atoms with Crippen molar-refractivity contribution in [2.24, 2.45) is 10.8 Å². The highest BCUT2D eigenvalue weighted by Crippen LogP contribution is 2.49. The Morgan fingerprint density at radius 2 is 2.08 bits per heavy atom. The van der Waals surface area contributed by atoms with Gasteiger partial charge in [0.1, 0.15) is 0 Å². The monoisotopic (exact) mass is 355 g/mol. The maximum Gasteiger partial charge on any atom is 0.230 e. The van der Waals surface area contributed by atoms with E-state index in [9.17, 15) is 9.59 Å². The van der Waals surface area contributed by atoms with Gasteiger partial charge in [0.2, 0.25) is 11.8 Å². The topological polar surface area (TPSA) is 53.5 Å². The van der Waals surface area contributed by atoms with Crippen LogP contribution in [0, 0.1) is 10.8 Å². The van der Waals surface area contributed by atoms with Gasteiger partial charge in [0.05, 0.1) is 5.41 Å². The second-order valence-electron chi connectivity index (χ2n) is 8.85. The molecule has 0 N–H and O–H groups in total. The van der Waals surface area contributed by atoms with E-state index in [-0.39, 0.29) is 17.2 Å². The number of pyridine rings is 1. The molecule has 3 aliphatic rings. The summed E-state index contributed by atoms with van der Waals surface area (Å²) in [7, 11) is 0. The van der Waals surface area contributed by atoms with E-state index >= 15 is 0 Å². The Kier molecular flexibility index (Phi) is 4.49. The average molecular weight is 355 g/mol. The molecule has 2 aliphatic heterocycles. The lowest BCUT2D eigenvalue weighted by Crippen LogP contribution is -2.50. The molecule has 1 aliphatic carbocycles. The van der Waals surface area contributed by atoms with Gasteiger partial charge in [-0.2, -0.15) is 0 Å². The summed E-state index contributed by atoms with van der Waals surface area (Å²) in [5, 5.41) is 0. The number of aromatic nitrogens is 1. The highest BCUT2D eigenvalue weighted by molar-refractivity contribution is 5.86. The average Bonchev–Trinajstić information content (AvgIpc) is 3.23. The molecule has 1 saturated carbocycles. The molecule has 0 aromatic carbocycles. The molecular formula is C21H29N3O2. The van der Waals surface area contributed by atoms with Gasteiger partial charge < -0.3 is 9.80 Å². The molecule has 0 radical (unpaired) electrons. The third-order valence-electron chi connectivity index (χ3n) is 6.67. The molecule has 3 heterocycles. The minimum atomic E-state index is -0.348.